The van der Waals surface area contributed by atoms with E-state index < -0.39 is 0 Å². The summed E-state index contributed by atoms with van der Waals surface area (Å²) in [6.07, 6.45) is 4.35. The third-order valence-corrected chi connectivity index (χ3v) is 5.07. The molecule has 1 saturated heterocycles. The Balaban J connectivity index is 2.15. The lowest BCUT2D eigenvalue weighted by Gasteiger charge is -2.35. The van der Waals surface area contributed by atoms with Gasteiger partial charge in [0, 0.05) is 23.3 Å². The highest BCUT2D eigenvalue weighted by atomic mass is 35.5. The van der Waals surface area contributed by atoms with Crippen LogP contribution in [-0.2, 0) is 0 Å². The maximum absolute atomic E-state index is 12.5. The standard InChI is InChI=1S/C14H20ClNOS/c1-10-9-13(18-11(10)2)14(17)16-8-4-3-5-12(16)6-7-15/h9,12H,3-8H2,1-2H3. The number of amides is 1. The molecule has 2 heterocycles. The van der Waals surface area contributed by atoms with E-state index in [0.717, 1.165) is 30.7 Å². The van der Waals surface area contributed by atoms with E-state index in [-0.39, 0.29) is 5.91 Å². The van der Waals surface area contributed by atoms with Crippen molar-refractivity contribution in [2.45, 2.75) is 45.6 Å². The molecule has 1 aromatic rings. The van der Waals surface area contributed by atoms with Crippen LogP contribution in [0.5, 0.6) is 0 Å². The molecule has 0 aliphatic carbocycles. The van der Waals surface area contributed by atoms with Crippen LogP contribution in [0, 0.1) is 13.8 Å². The molecule has 4 heteroatoms. The van der Waals surface area contributed by atoms with E-state index in [9.17, 15) is 4.79 Å². The van der Waals surface area contributed by atoms with Crippen LogP contribution in [-0.4, -0.2) is 29.3 Å². The van der Waals surface area contributed by atoms with Gasteiger partial charge in [0.15, 0.2) is 0 Å². The molecule has 0 N–H and O–H groups in total. The molecule has 100 valence electrons. The average molecular weight is 286 g/mol. The Hall–Kier alpha value is -0.540. The van der Waals surface area contributed by atoms with E-state index in [2.05, 4.69) is 13.8 Å². The summed E-state index contributed by atoms with van der Waals surface area (Å²) in [4.78, 5) is 16.7. The second-order valence-corrected chi connectivity index (χ2v) is 6.61. The smallest absolute Gasteiger partial charge is 0.264 e. The number of rotatable bonds is 3. The van der Waals surface area contributed by atoms with E-state index in [1.807, 2.05) is 11.0 Å². The lowest BCUT2D eigenvalue weighted by Crippen LogP contribution is -2.43. The number of nitrogens with zero attached hydrogens (tertiary/aromatic N) is 1. The molecule has 0 bridgehead atoms. The second-order valence-electron chi connectivity index (χ2n) is 4.98. The third-order valence-electron chi connectivity index (χ3n) is 3.71. The summed E-state index contributed by atoms with van der Waals surface area (Å²) in [5.41, 5.74) is 1.22. The van der Waals surface area contributed by atoms with E-state index in [1.165, 1.54) is 16.9 Å². The summed E-state index contributed by atoms with van der Waals surface area (Å²) in [7, 11) is 0. The molecule has 0 saturated carbocycles. The first kappa shape index (κ1) is 13.9. The molecule has 1 atom stereocenters. The quantitative estimate of drug-likeness (QED) is 0.769. The second kappa shape index (κ2) is 6.07. The molecule has 0 aromatic carbocycles. The van der Waals surface area contributed by atoms with Gasteiger partial charge in [-0.2, -0.15) is 0 Å². The van der Waals surface area contributed by atoms with Gasteiger partial charge in [-0.05, 0) is 51.2 Å². The number of hydrogen-bond donors (Lipinski definition) is 0. The average Bonchev–Trinajstić information content (AvgIpc) is 2.70. The summed E-state index contributed by atoms with van der Waals surface area (Å²) in [5.74, 6) is 0.836. The SMILES string of the molecule is Cc1cc(C(=O)N2CCCCC2CCCl)sc1C. The van der Waals surface area contributed by atoms with Crippen molar-refractivity contribution in [3.8, 4) is 0 Å². The molecule has 2 nitrogen and oxygen atoms in total. The first-order valence-electron chi connectivity index (χ1n) is 6.57. The summed E-state index contributed by atoms with van der Waals surface area (Å²) < 4.78 is 0. The summed E-state index contributed by atoms with van der Waals surface area (Å²) in [5, 5.41) is 0. The van der Waals surface area contributed by atoms with Crippen LogP contribution in [0.3, 0.4) is 0 Å². The van der Waals surface area contributed by atoms with Crippen LogP contribution < -0.4 is 0 Å². The zero-order chi connectivity index (χ0) is 13.1. The predicted molar refractivity (Wildman–Crippen MR) is 77.8 cm³/mol. The minimum Gasteiger partial charge on any atom is -0.335 e. The van der Waals surface area contributed by atoms with Crippen LogP contribution in [0.15, 0.2) is 6.07 Å². The molecule has 1 aromatic heterocycles. The molecule has 1 amide bonds. The van der Waals surface area contributed by atoms with Gasteiger partial charge in [0.1, 0.15) is 0 Å². The van der Waals surface area contributed by atoms with Gasteiger partial charge in [-0.15, -0.1) is 22.9 Å². The summed E-state index contributed by atoms with van der Waals surface area (Å²) >= 11 is 7.46. The minimum absolute atomic E-state index is 0.200. The largest absolute Gasteiger partial charge is 0.335 e. The monoisotopic (exact) mass is 285 g/mol. The van der Waals surface area contributed by atoms with Gasteiger partial charge in [0.2, 0.25) is 0 Å². The van der Waals surface area contributed by atoms with Crippen molar-refractivity contribution in [2.75, 3.05) is 12.4 Å². The molecular weight excluding hydrogens is 266 g/mol. The van der Waals surface area contributed by atoms with Crippen LogP contribution in [0.1, 0.15) is 45.8 Å². The van der Waals surface area contributed by atoms with Crippen LogP contribution in [0.25, 0.3) is 0 Å². The lowest BCUT2D eigenvalue weighted by molar-refractivity contribution is 0.0614. The lowest BCUT2D eigenvalue weighted by atomic mass is 10.00. The fraction of sp³-hybridized carbons (Fsp3) is 0.643. The maximum Gasteiger partial charge on any atom is 0.264 e. The Kier molecular flexibility index (Phi) is 4.68. The van der Waals surface area contributed by atoms with E-state index in [0.29, 0.717) is 11.9 Å². The maximum atomic E-state index is 12.5. The number of carbonyl (C=O) groups excluding carboxylic acids is 1. The number of hydrogen-bond acceptors (Lipinski definition) is 2. The number of carbonyl (C=O) groups is 1. The Morgan fingerprint density at radius 2 is 2.28 bits per heavy atom. The molecule has 1 aliphatic rings. The van der Waals surface area contributed by atoms with Crippen LogP contribution >= 0.6 is 22.9 Å². The van der Waals surface area contributed by atoms with Gasteiger partial charge in [0.25, 0.3) is 5.91 Å². The molecule has 0 spiro atoms. The fourth-order valence-corrected chi connectivity index (χ4v) is 3.76. The predicted octanol–water partition coefficient (Wildman–Crippen LogP) is 3.99. The van der Waals surface area contributed by atoms with Crippen molar-refractivity contribution in [1.29, 1.82) is 0 Å². The first-order chi connectivity index (χ1) is 8.63. The third kappa shape index (κ3) is 2.89. The number of piperidine rings is 1. The topological polar surface area (TPSA) is 20.3 Å². The summed E-state index contributed by atoms with van der Waals surface area (Å²) in [6.45, 7) is 5.02. The Morgan fingerprint density at radius 3 is 2.89 bits per heavy atom. The highest BCUT2D eigenvalue weighted by molar-refractivity contribution is 7.14. The Bertz CT molecular complexity index is 408. The van der Waals surface area contributed by atoms with Crippen molar-refractivity contribution in [3.63, 3.8) is 0 Å². The summed E-state index contributed by atoms with van der Waals surface area (Å²) in [6, 6.07) is 2.36. The number of alkyl halides is 1. The zero-order valence-electron chi connectivity index (χ0n) is 11.0. The van der Waals surface area contributed by atoms with Crippen molar-refractivity contribution < 1.29 is 4.79 Å². The first-order valence-corrected chi connectivity index (χ1v) is 7.92. The van der Waals surface area contributed by atoms with E-state index >= 15 is 0 Å². The van der Waals surface area contributed by atoms with Gasteiger partial charge in [-0.25, -0.2) is 0 Å². The van der Waals surface area contributed by atoms with Crippen LogP contribution in [0.4, 0.5) is 0 Å². The molecule has 0 radical (unpaired) electrons. The molecular formula is C14H20ClNOS. The number of thiophene rings is 1. The highest BCUT2D eigenvalue weighted by Gasteiger charge is 2.27. The fourth-order valence-electron chi connectivity index (χ4n) is 2.51. The zero-order valence-corrected chi connectivity index (χ0v) is 12.6. The van der Waals surface area contributed by atoms with Gasteiger partial charge in [-0.1, -0.05) is 0 Å². The minimum atomic E-state index is 0.200. The van der Waals surface area contributed by atoms with Gasteiger partial charge in [0.05, 0.1) is 4.88 Å². The van der Waals surface area contributed by atoms with Gasteiger partial charge in [-0.3, -0.25) is 4.79 Å². The van der Waals surface area contributed by atoms with Crippen molar-refractivity contribution in [1.82, 2.24) is 4.90 Å². The van der Waals surface area contributed by atoms with E-state index in [1.54, 1.807) is 11.3 Å². The molecule has 1 fully saturated rings. The van der Waals surface area contributed by atoms with Crippen molar-refractivity contribution in [3.05, 3.63) is 21.4 Å². The normalized spacial score (nSPS) is 20.2. The number of halogens is 1. The number of likely N-dealkylation sites (tertiary alicyclic amines) is 1. The Morgan fingerprint density at radius 1 is 1.50 bits per heavy atom. The highest BCUT2D eigenvalue weighted by Crippen LogP contribution is 2.26. The van der Waals surface area contributed by atoms with E-state index in [4.69, 9.17) is 11.6 Å². The van der Waals surface area contributed by atoms with Crippen molar-refractivity contribution >= 4 is 28.8 Å². The van der Waals surface area contributed by atoms with Gasteiger partial charge >= 0.3 is 0 Å². The van der Waals surface area contributed by atoms with Crippen molar-refractivity contribution in [2.24, 2.45) is 0 Å². The molecule has 18 heavy (non-hydrogen) atoms. The Labute approximate surface area is 118 Å². The van der Waals surface area contributed by atoms with Crippen LogP contribution in [0.2, 0.25) is 0 Å². The molecule has 1 aliphatic heterocycles. The number of aryl methyl sites for hydroxylation is 2. The van der Waals surface area contributed by atoms with Gasteiger partial charge < -0.3 is 4.90 Å². The molecule has 2 rings (SSSR count). The molecule has 1 unspecified atom stereocenters.